The Kier molecular flexibility index (Phi) is 3.21. The minimum Gasteiger partial charge on any atom is -0.390 e. The summed E-state index contributed by atoms with van der Waals surface area (Å²) in [5.41, 5.74) is -0.240. The summed E-state index contributed by atoms with van der Waals surface area (Å²) in [6.45, 7) is 4.27. The molecule has 1 atom stereocenters. The van der Waals surface area contributed by atoms with Crippen molar-refractivity contribution in [1.82, 2.24) is 0 Å². The molecule has 1 aromatic rings. The van der Waals surface area contributed by atoms with E-state index in [1.165, 1.54) is 6.07 Å². The second kappa shape index (κ2) is 4.25. The van der Waals surface area contributed by atoms with E-state index in [1.54, 1.807) is 12.1 Å². The van der Waals surface area contributed by atoms with Crippen LogP contribution >= 0.6 is 11.6 Å². The first-order valence-electron chi connectivity index (χ1n) is 5.97. The Morgan fingerprint density at radius 3 is 2.59 bits per heavy atom. The van der Waals surface area contributed by atoms with E-state index in [1.807, 2.05) is 0 Å². The smallest absolute Gasteiger partial charge is 0.127 e. The van der Waals surface area contributed by atoms with Crippen LogP contribution in [-0.4, -0.2) is 10.7 Å². The number of benzene rings is 1. The average Bonchev–Trinajstić information content (AvgIpc) is 2.48. The van der Waals surface area contributed by atoms with Crippen LogP contribution in [0.4, 0.5) is 4.39 Å². The van der Waals surface area contributed by atoms with Crippen molar-refractivity contribution in [2.24, 2.45) is 5.41 Å². The molecule has 0 aliphatic heterocycles. The molecule has 2 rings (SSSR count). The third-order valence-corrected chi connectivity index (χ3v) is 4.00. The molecule has 1 unspecified atom stereocenters. The van der Waals surface area contributed by atoms with Crippen molar-refractivity contribution in [2.75, 3.05) is 0 Å². The van der Waals surface area contributed by atoms with Crippen molar-refractivity contribution in [3.05, 3.63) is 34.6 Å². The van der Waals surface area contributed by atoms with Gasteiger partial charge in [0.05, 0.1) is 5.60 Å². The van der Waals surface area contributed by atoms with Gasteiger partial charge < -0.3 is 5.11 Å². The van der Waals surface area contributed by atoms with Gasteiger partial charge in [-0.15, -0.1) is 0 Å². The summed E-state index contributed by atoms with van der Waals surface area (Å²) in [5, 5.41) is 10.9. The largest absolute Gasteiger partial charge is 0.390 e. The number of rotatable bonds is 2. The molecule has 0 bridgehead atoms. The molecule has 1 saturated carbocycles. The first-order valence-corrected chi connectivity index (χ1v) is 6.34. The van der Waals surface area contributed by atoms with Crippen LogP contribution in [0, 0.1) is 11.2 Å². The van der Waals surface area contributed by atoms with Gasteiger partial charge in [0.15, 0.2) is 0 Å². The van der Waals surface area contributed by atoms with Crippen LogP contribution < -0.4 is 0 Å². The molecule has 0 heterocycles. The Bertz CT molecular complexity index is 410. The highest BCUT2D eigenvalue weighted by Crippen LogP contribution is 2.45. The predicted molar refractivity (Wildman–Crippen MR) is 67.7 cm³/mol. The van der Waals surface area contributed by atoms with Crippen LogP contribution in [0.5, 0.6) is 0 Å². The van der Waals surface area contributed by atoms with E-state index >= 15 is 0 Å². The summed E-state index contributed by atoms with van der Waals surface area (Å²) in [6, 6.07) is 4.65. The summed E-state index contributed by atoms with van der Waals surface area (Å²) in [7, 11) is 0. The number of hydrogen-bond acceptors (Lipinski definition) is 1. The first-order chi connectivity index (χ1) is 7.81. The first kappa shape index (κ1) is 12.8. The molecule has 1 aliphatic rings. The zero-order valence-corrected chi connectivity index (χ0v) is 11.0. The zero-order valence-electron chi connectivity index (χ0n) is 10.3. The third-order valence-electron chi connectivity index (χ3n) is 3.64. The highest BCUT2D eigenvalue weighted by atomic mass is 35.5. The molecular formula is C14H18ClFO. The van der Waals surface area contributed by atoms with Gasteiger partial charge in [-0.05, 0) is 36.8 Å². The molecule has 94 valence electrons. The van der Waals surface area contributed by atoms with Crippen molar-refractivity contribution in [3.63, 3.8) is 0 Å². The molecule has 17 heavy (non-hydrogen) atoms. The van der Waals surface area contributed by atoms with E-state index in [0.717, 1.165) is 6.42 Å². The lowest BCUT2D eigenvalue weighted by Crippen LogP contribution is -2.29. The molecular weight excluding hydrogens is 239 g/mol. The quantitative estimate of drug-likeness (QED) is 0.849. The third kappa shape index (κ3) is 2.80. The van der Waals surface area contributed by atoms with Gasteiger partial charge in [0, 0.05) is 17.0 Å². The fourth-order valence-corrected chi connectivity index (χ4v) is 3.05. The van der Waals surface area contributed by atoms with Crippen molar-refractivity contribution < 1.29 is 9.50 Å². The highest BCUT2D eigenvalue weighted by molar-refractivity contribution is 6.31. The number of halogens is 2. The van der Waals surface area contributed by atoms with Gasteiger partial charge in [-0.1, -0.05) is 31.5 Å². The van der Waals surface area contributed by atoms with E-state index in [9.17, 15) is 9.50 Å². The molecule has 0 aromatic heterocycles. The topological polar surface area (TPSA) is 20.2 Å². The molecule has 0 spiro atoms. The van der Waals surface area contributed by atoms with Crippen LogP contribution in [-0.2, 0) is 6.42 Å². The lowest BCUT2D eigenvalue weighted by atomic mass is 9.86. The van der Waals surface area contributed by atoms with E-state index < -0.39 is 5.60 Å². The van der Waals surface area contributed by atoms with Gasteiger partial charge >= 0.3 is 0 Å². The molecule has 1 N–H and O–H groups in total. The number of hydrogen-bond donors (Lipinski definition) is 1. The Morgan fingerprint density at radius 2 is 2.06 bits per heavy atom. The average molecular weight is 257 g/mol. The van der Waals surface area contributed by atoms with Crippen molar-refractivity contribution in [2.45, 2.75) is 45.1 Å². The lowest BCUT2D eigenvalue weighted by Gasteiger charge is -2.25. The van der Waals surface area contributed by atoms with E-state index in [-0.39, 0.29) is 11.2 Å². The Labute approximate surface area is 107 Å². The highest BCUT2D eigenvalue weighted by Gasteiger charge is 2.42. The van der Waals surface area contributed by atoms with Gasteiger partial charge in [-0.2, -0.15) is 0 Å². The Hall–Kier alpha value is -0.600. The predicted octanol–water partition coefficient (Wildman–Crippen LogP) is 3.96. The second-order valence-electron chi connectivity index (χ2n) is 5.94. The Morgan fingerprint density at radius 1 is 1.35 bits per heavy atom. The molecule has 1 nitrogen and oxygen atoms in total. The van der Waals surface area contributed by atoms with Gasteiger partial charge in [0.2, 0.25) is 0 Å². The fourth-order valence-electron chi connectivity index (χ4n) is 2.82. The van der Waals surface area contributed by atoms with Crippen LogP contribution in [0.25, 0.3) is 0 Å². The van der Waals surface area contributed by atoms with Crippen molar-refractivity contribution >= 4 is 11.6 Å². The van der Waals surface area contributed by atoms with E-state index in [2.05, 4.69) is 13.8 Å². The monoisotopic (exact) mass is 256 g/mol. The second-order valence-corrected chi connectivity index (χ2v) is 6.35. The number of aliphatic hydroxyl groups is 1. The molecule has 1 aliphatic carbocycles. The van der Waals surface area contributed by atoms with Gasteiger partial charge in [-0.3, -0.25) is 0 Å². The van der Waals surface area contributed by atoms with Crippen LogP contribution in [0.1, 0.15) is 38.7 Å². The summed E-state index contributed by atoms with van der Waals surface area (Å²) in [6.07, 6.45) is 2.69. The van der Waals surface area contributed by atoms with E-state index in [4.69, 9.17) is 11.6 Å². The molecule has 3 heteroatoms. The zero-order chi connectivity index (χ0) is 12.7. The van der Waals surface area contributed by atoms with Crippen LogP contribution in [0.3, 0.4) is 0 Å². The molecule has 0 radical (unpaired) electrons. The van der Waals surface area contributed by atoms with Crippen molar-refractivity contribution in [3.8, 4) is 0 Å². The molecule has 0 amide bonds. The Balaban J connectivity index is 2.22. The fraction of sp³-hybridized carbons (Fsp3) is 0.571. The normalized spacial score (nSPS) is 27.4. The lowest BCUT2D eigenvalue weighted by molar-refractivity contribution is 0.0371. The van der Waals surface area contributed by atoms with Crippen LogP contribution in [0.2, 0.25) is 5.02 Å². The minimum absolute atomic E-state index is 0.131. The molecule has 1 fully saturated rings. The van der Waals surface area contributed by atoms with Crippen LogP contribution in [0.15, 0.2) is 18.2 Å². The summed E-state index contributed by atoms with van der Waals surface area (Å²) < 4.78 is 13.7. The van der Waals surface area contributed by atoms with Gasteiger partial charge in [0.25, 0.3) is 0 Å². The molecule has 1 aromatic carbocycles. The van der Waals surface area contributed by atoms with Gasteiger partial charge in [0.1, 0.15) is 5.82 Å². The maximum atomic E-state index is 13.7. The maximum absolute atomic E-state index is 13.7. The summed E-state index contributed by atoms with van der Waals surface area (Å²) in [4.78, 5) is 0. The SMILES string of the molecule is CC1(C)CCC(O)(Cc2c(F)cccc2Cl)C1. The molecule has 0 saturated heterocycles. The van der Waals surface area contributed by atoms with E-state index in [0.29, 0.717) is 29.8 Å². The standard InChI is InChI=1S/C14H18ClFO/c1-13(2)6-7-14(17,9-13)8-10-11(15)4-3-5-12(10)16/h3-5,17H,6-9H2,1-2H3. The maximum Gasteiger partial charge on any atom is 0.127 e. The minimum atomic E-state index is -0.810. The van der Waals surface area contributed by atoms with Gasteiger partial charge in [-0.25, -0.2) is 4.39 Å². The van der Waals surface area contributed by atoms with Crippen molar-refractivity contribution in [1.29, 1.82) is 0 Å². The summed E-state index contributed by atoms with van der Waals surface area (Å²) in [5.74, 6) is -0.323. The summed E-state index contributed by atoms with van der Waals surface area (Å²) >= 11 is 5.99.